The molecule has 5 nitrogen and oxygen atoms in total. The molecule has 0 atom stereocenters. The van der Waals surface area contributed by atoms with Gasteiger partial charge in [-0.1, -0.05) is 18.2 Å². The lowest BCUT2D eigenvalue weighted by atomic mass is 10.0. The molecule has 3 aromatic rings. The van der Waals surface area contributed by atoms with E-state index in [4.69, 9.17) is 0 Å². The van der Waals surface area contributed by atoms with E-state index in [1.807, 2.05) is 69.7 Å². The molecule has 0 unspecified atom stereocenters. The SMILES string of the molecule is CN(C)CCCN(C)C(=O)c1ccc(-c2ccc3c(=O)[nH]ccc3c2)cc1. The van der Waals surface area contributed by atoms with E-state index in [1.165, 1.54) is 0 Å². The van der Waals surface area contributed by atoms with Crippen molar-refractivity contribution in [2.24, 2.45) is 0 Å². The van der Waals surface area contributed by atoms with E-state index < -0.39 is 0 Å². The minimum Gasteiger partial charge on any atom is -0.342 e. The number of hydrogen-bond donors (Lipinski definition) is 1. The Balaban J connectivity index is 1.75. The molecule has 2 aromatic carbocycles. The second-order valence-electron chi connectivity index (χ2n) is 7.07. The van der Waals surface area contributed by atoms with Gasteiger partial charge in [0.2, 0.25) is 0 Å². The molecule has 1 heterocycles. The molecule has 0 saturated heterocycles. The lowest BCUT2D eigenvalue weighted by Gasteiger charge is -2.18. The zero-order chi connectivity index (χ0) is 19.4. The summed E-state index contributed by atoms with van der Waals surface area (Å²) < 4.78 is 0. The van der Waals surface area contributed by atoms with Crippen molar-refractivity contribution in [1.29, 1.82) is 0 Å². The minimum absolute atomic E-state index is 0.0327. The first kappa shape index (κ1) is 18.9. The summed E-state index contributed by atoms with van der Waals surface area (Å²) in [4.78, 5) is 30.9. The Bertz CT molecular complexity index is 990. The van der Waals surface area contributed by atoms with Gasteiger partial charge in [-0.05, 0) is 73.9 Å². The number of amides is 1. The molecule has 0 aliphatic carbocycles. The third kappa shape index (κ3) is 4.44. The summed E-state index contributed by atoms with van der Waals surface area (Å²) in [7, 11) is 5.90. The first-order valence-electron chi connectivity index (χ1n) is 9.08. The Kier molecular flexibility index (Phi) is 5.72. The first-order valence-corrected chi connectivity index (χ1v) is 9.08. The molecule has 27 heavy (non-hydrogen) atoms. The van der Waals surface area contributed by atoms with Gasteiger partial charge in [0, 0.05) is 30.7 Å². The van der Waals surface area contributed by atoms with Crippen LogP contribution in [0.4, 0.5) is 0 Å². The summed E-state index contributed by atoms with van der Waals surface area (Å²) in [6.07, 6.45) is 2.60. The third-order valence-electron chi connectivity index (χ3n) is 4.68. The van der Waals surface area contributed by atoms with E-state index in [1.54, 1.807) is 11.1 Å². The van der Waals surface area contributed by atoms with Crippen molar-refractivity contribution in [1.82, 2.24) is 14.8 Å². The van der Waals surface area contributed by atoms with Crippen molar-refractivity contribution in [3.8, 4) is 11.1 Å². The Morgan fingerprint density at radius 1 is 0.926 bits per heavy atom. The number of H-pyrrole nitrogens is 1. The van der Waals surface area contributed by atoms with Crippen LogP contribution in [0.3, 0.4) is 0 Å². The molecule has 0 saturated carbocycles. The highest BCUT2D eigenvalue weighted by atomic mass is 16.2. The van der Waals surface area contributed by atoms with Gasteiger partial charge in [0.15, 0.2) is 0 Å². The Morgan fingerprint density at radius 3 is 2.33 bits per heavy atom. The number of nitrogens with one attached hydrogen (secondary N) is 1. The number of aromatic nitrogens is 1. The summed E-state index contributed by atoms with van der Waals surface area (Å²) in [5.41, 5.74) is 2.64. The molecule has 140 valence electrons. The standard InChI is InChI=1S/C22H25N3O2/c1-24(2)13-4-14-25(3)22(27)17-7-5-16(6-8-17)18-9-10-20-19(15-18)11-12-23-21(20)26/h5-12,15H,4,13-14H2,1-3H3,(H,23,26). The summed E-state index contributed by atoms with van der Waals surface area (Å²) >= 11 is 0. The van der Waals surface area contributed by atoms with E-state index in [2.05, 4.69) is 9.88 Å². The summed E-state index contributed by atoms with van der Waals surface area (Å²) in [6, 6.07) is 15.3. The van der Waals surface area contributed by atoms with Crippen LogP contribution in [0, 0.1) is 0 Å². The molecule has 0 bridgehead atoms. The Labute approximate surface area is 159 Å². The second kappa shape index (κ2) is 8.18. The van der Waals surface area contributed by atoms with Gasteiger partial charge in [-0.25, -0.2) is 0 Å². The highest BCUT2D eigenvalue weighted by Crippen LogP contribution is 2.23. The number of aromatic amines is 1. The van der Waals surface area contributed by atoms with Crippen molar-refractivity contribution in [3.05, 3.63) is 70.6 Å². The van der Waals surface area contributed by atoms with Gasteiger partial charge in [0.25, 0.3) is 11.5 Å². The van der Waals surface area contributed by atoms with Gasteiger partial charge in [0.05, 0.1) is 0 Å². The molecule has 0 fully saturated rings. The fourth-order valence-corrected chi connectivity index (χ4v) is 3.12. The number of nitrogens with zero attached hydrogens (tertiary/aromatic N) is 2. The topological polar surface area (TPSA) is 56.4 Å². The number of fused-ring (bicyclic) bond motifs is 1. The number of hydrogen-bond acceptors (Lipinski definition) is 3. The van der Waals surface area contributed by atoms with Crippen LogP contribution in [0.25, 0.3) is 21.9 Å². The second-order valence-corrected chi connectivity index (χ2v) is 7.07. The lowest BCUT2D eigenvalue weighted by molar-refractivity contribution is 0.0790. The molecule has 1 N–H and O–H groups in total. The number of pyridine rings is 1. The maximum absolute atomic E-state index is 12.6. The zero-order valence-corrected chi connectivity index (χ0v) is 16.0. The van der Waals surface area contributed by atoms with Crippen molar-refractivity contribution in [3.63, 3.8) is 0 Å². The van der Waals surface area contributed by atoms with E-state index in [-0.39, 0.29) is 11.5 Å². The number of carbonyl (C=O) groups is 1. The molecular formula is C22H25N3O2. The molecule has 0 aliphatic heterocycles. The van der Waals surface area contributed by atoms with Crippen molar-refractivity contribution in [2.45, 2.75) is 6.42 Å². The summed E-state index contributed by atoms with van der Waals surface area (Å²) in [5.74, 6) is 0.0327. The average molecular weight is 363 g/mol. The van der Waals surface area contributed by atoms with Crippen LogP contribution >= 0.6 is 0 Å². The molecular weight excluding hydrogens is 338 g/mol. The van der Waals surface area contributed by atoms with Gasteiger partial charge >= 0.3 is 0 Å². The number of rotatable bonds is 6. The average Bonchev–Trinajstić information content (AvgIpc) is 2.67. The van der Waals surface area contributed by atoms with E-state index in [0.29, 0.717) is 10.9 Å². The van der Waals surface area contributed by atoms with Gasteiger partial charge in [-0.3, -0.25) is 9.59 Å². The first-order chi connectivity index (χ1) is 13.0. The fourth-order valence-electron chi connectivity index (χ4n) is 3.12. The van der Waals surface area contributed by atoms with Crippen LogP contribution in [-0.4, -0.2) is 54.9 Å². The van der Waals surface area contributed by atoms with Crippen LogP contribution in [0.15, 0.2) is 59.5 Å². The third-order valence-corrected chi connectivity index (χ3v) is 4.68. The van der Waals surface area contributed by atoms with Crippen LogP contribution in [0.5, 0.6) is 0 Å². The number of carbonyl (C=O) groups excluding carboxylic acids is 1. The van der Waals surface area contributed by atoms with E-state index >= 15 is 0 Å². The molecule has 5 heteroatoms. The lowest BCUT2D eigenvalue weighted by Crippen LogP contribution is -2.29. The zero-order valence-electron chi connectivity index (χ0n) is 16.0. The Hall–Kier alpha value is -2.92. The van der Waals surface area contributed by atoms with Crippen LogP contribution < -0.4 is 5.56 Å². The number of benzene rings is 2. The van der Waals surface area contributed by atoms with Crippen LogP contribution in [-0.2, 0) is 0 Å². The maximum Gasteiger partial charge on any atom is 0.255 e. The fraction of sp³-hybridized carbons (Fsp3) is 0.273. The predicted octanol–water partition coefficient (Wildman–Crippen LogP) is 3.22. The van der Waals surface area contributed by atoms with Gasteiger partial charge in [0.1, 0.15) is 0 Å². The smallest absolute Gasteiger partial charge is 0.255 e. The molecule has 0 spiro atoms. The molecule has 1 aromatic heterocycles. The molecule has 0 radical (unpaired) electrons. The highest BCUT2D eigenvalue weighted by Gasteiger charge is 2.11. The minimum atomic E-state index is -0.0858. The quantitative estimate of drug-likeness (QED) is 0.732. The largest absolute Gasteiger partial charge is 0.342 e. The normalized spacial score (nSPS) is 11.1. The van der Waals surface area contributed by atoms with Gasteiger partial charge in [-0.15, -0.1) is 0 Å². The van der Waals surface area contributed by atoms with Crippen molar-refractivity contribution in [2.75, 3.05) is 34.2 Å². The maximum atomic E-state index is 12.6. The molecule has 0 aliphatic rings. The van der Waals surface area contributed by atoms with Gasteiger partial charge in [-0.2, -0.15) is 0 Å². The molecule has 3 rings (SSSR count). The van der Waals surface area contributed by atoms with Crippen molar-refractivity contribution >= 4 is 16.7 Å². The van der Waals surface area contributed by atoms with E-state index in [0.717, 1.165) is 36.0 Å². The predicted molar refractivity (Wildman–Crippen MR) is 110 cm³/mol. The Morgan fingerprint density at radius 2 is 1.63 bits per heavy atom. The van der Waals surface area contributed by atoms with Crippen LogP contribution in [0.2, 0.25) is 0 Å². The van der Waals surface area contributed by atoms with E-state index in [9.17, 15) is 9.59 Å². The monoisotopic (exact) mass is 363 g/mol. The van der Waals surface area contributed by atoms with Crippen molar-refractivity contribution < 1.29 is 4.79 Å². The summed E-state index contributed by atoms with van der Waals surface area (Å²) in [6.45, 7) is 1.69. The van der Waals surface area contributed by atoms with Gasteiger partial charge < -0.3 is 14.8 Å². The highest BCUT2D eigenvalue weighted by molar-refractivity contribution is 5.95. The summed E-state index contributed by atoms with van der Waals surface area (Å²) in [5, 5.41) is 1.57. The van der Waals surface area contributed by atoms with Crippen LogP contribution in [0.1, 0.15) is 16.8 Å². The molecule has 1 amide bonds.